The Morgan fingerprint density at radius 1 is 1.39 bits per heavy atom. The molecule has 0 aliphatic heterocycles. The SMILES string of the molecule is CCN(/C(C)=C\C(C)c1nc2ncc(Cl)cc2[nH]1)c1cc(NSC)ccc1C. The zero-order valence-electron chi connectivity index (χ0n) is 16.9. The Morgan fingerprint density at radius 3 is 2.89 bits per heavy atom. The molecule has 0 bridgehead atoms. The lowest BCUT2D eigenvalue weighted by molar-refractivity contribution is 0.846. The van der Waals surface area contributed by atoms with E-state index in [4.69, 9.17) is 11.6 Å². The van der Waals surface area contributed by atoms with Gasteiger partial charge in [0.15, 0.2) is 5.65 Å². The van der Waals surface area contributed by atoms with E-state index in [0.29, 0.717) is 10.7 Å². The van der Waals surface area contributed by atoms with Crippen LogP contribution in [-0.4, -0.2) is 27.8 Å². The molecule has 1 unspecified atom stereocenters. The first kappa shape index (κ1) is 20.6. The number of anilines is 2. The van der Waals surface area contributed by atoms with Crippen molar-refractivity contribution in [2.24, 2.45) is 0 Å². The molecule has 1 atom stereocenters. The van der Waals surface area contributed by atoms with E-state index in [9.17, 15) is 0 Å². The van der Waals surface area contributed by atoms with Crippen molar-refractivity contribution in [2.75, 3.05) is 22.4 Å². The zero-order valence-corrected chi connectivity index (χ0v) is 18.4. The molecule has 0 spiro atoms. The van der Waals surface area contributed by atoms with E-state index in [1.165, 1.54) is 16.9 Å². The first-order chi connectivity index (χ1) is 13.4. The van der Waals surface area contributed by atoms with Crippen LogP contribution in [0.25, 0.3) is 11.2 Å². The van der Waals surface area contributed by atoms with E-state index >= 15 is 0 Å². The number of hydrogen-bond acceptors (Lipinski definition) is 5. The van der Waals surface area contributed by atoms with Gasteiger partial charge in [-0.05, 0) is 44.5 Å². The number of H-pyrrole nitrogens is 1. The minimum Gasteiger partial charge on any atom is -0.346 e. The molecule has 5 nitrogen and oxygen atoms in total. The van der Waals surface area contributed by atoms with Gasteiger partial charge in [-0.2, -0.15) is 0 Å². The van der Waals surface area contributed by atoms with Crippen molar-refractivity contribution in [1.82, 2.24) is 15.0 Å². The molecule has 0 saturated carbocycles. The van der Waals surface area contributed by atoms with Crippen molar-refractivity contribution in [3.05, 3.63) is 58.6 Å². The maximum atomic E-state index is 6.03. The number of aromatic nitrogens is 3. The summed E-state index contributed by atoms with van der Waals surface area (Å²) in [5.41, 5.74) is 6.30. The molecule has 2 heterocycles. The molecule has 0 radical (unpaired) electrons. The van der Waals surface area contributed by atoms with Crippen LogP contribution in [0.15, 0.2) is 42.2 Å². The number of halogens is 1. The Labute approximate surface area is 175 Å². The fourth-order valence-corrected chi connectivity index (χ4v) is 3.85. The summed E-state index contributed by atoms with van der Waals surface area (Å²) in [5, 5.41) is 0.605. The van der Waals surface area contributed by atoms with Gasteiger partial charge in [0.2, 0.25) is 0 Å². The molecule has 2 aromatic heterocycles. The van der Waals surface area contributed by atoms with Crippen molar-refractivity contribution in [3.63, 3.8) is 0 Å². The second kappa shape index (κ2) is 8.88. The van der Waals surface area contributed by atoms with Crippen LogP contribution in [-0.2, 0) is 0 Å². The number of pyridine rings is 1. The Bertz CT molecular complexity index is 998. The van der Waals surface area contributed by atoms with E-state index in [2.05, 4.69) is 76.5 Å². The van der Waals surface area contributed by atoms with E-state index in [1.807, 2.05) is 12.3 Å². The Kier molecular flexibility index (Phi) is 6.52. The van der Waals surface area contributed by atoms with Crippen LogP contribution < -0.4 is 9.62 Å². The number of allylic oxidation sites excluding steroid dienone is 2. The third kappa shape index (κ3) is 4.45. The summed E-state index contributed by atoms with van der Waals surface area (Å²) in [5.74, 6) is 1.00. The Balaban J connectivity index is 1.90. The second-order valence-electron chi connectivity index (χ2n) is 6.80. The first-order valence-electron chi connectivity index (χ1n) is 9.29. The third-order valence-electron chi connectivity index (χ3n) is 4.71. The molecule has 7 heteroatoms. The van der Waals surface area contributed by atoms with E-state index in [1.54, 1.807) is 18.1 Å². The summed E-state index contributed by atoms with van der Waals surface area (Å²) in [6, 6.07) is 8.32. The van der Waals surface area contributed by atoms with Gasteiger partial charge in [-0.1, -0.05) is 42.6 Å². The van der Waals surface area contributed by atoms with Crippen LogP contribution in [0, 0.1) is 6.92 Å². The number of aryl methyl sites for hydroxylation is 1. The largest absolute Gasteiger partial charge is 0.346 e. The third-order valence-corrected chi connectivity index (χ3v) is 5.35. The van der Waals surface area contributed by atoms with Crippen molar-refractivity contribution < 1.29 is 0 Å². The van der Waals surface area contributed by atoms with Crippen LogP contribution in [0.5, 0.6) is 0 Å². The van der Waals surface area contributed by atoms with Crippen LogP contribution >= 0.6 is 23.5 Å². The van der Waals surface area contributed by atoms with E-state index in [-0.39, 0.29) is 5.92 Å². The maximum Gasteiger partial charge on any atom is 0.177 e. The molecule has 3 rings (SSSR count). The summed E-state index contributed by atoms with van der Waals surface area (Å²) in [7, 11) is 0. The highest BCUT2D eigenvalue weighted by molar-refractivity contribution is 7.99. The van der Waals surface area contributed by atoms with Crippen molar-refractivity contribution in [1.29, 1.82) is 0 Å². The molecule has 148 valence electrons. The van der Waals surface area contributed by atoms with Crippen molar-refractivity contribution >= 4 is 46.1 Å². The number of nitrogens with zero attached hydrogens (tertiary/aromatic N) is 3. The molecule has 28 heavy (non-hydrogen) atoms. The van der Waals surface area contributed by atoms with Crippen LogP contribution in [0.2, 0.25) is 5.02 Å². The minimum absolute atomic E-state index is 0.120. The van der Waals surface area contributed by atoms with Crippen molar-refractivity contribution in [3.8, 4) is 0 Å². The molecule has 2 N–H and O–H groups in total. The molecule has 1 aromatic carbocycles. The predicted molar refractivity (Wildman–Crippen MR) is 122 cm³/mol. The zero-order chi connectivity index (χ0) is 20.3. The van der Waals surface area contributed by atoms with Gasteiger partial charge in [0, 0.05) is 42.0 Å². The second-order valence-corrected chi connectivity index (χ2v) is 7.84. The lowest BCUT2D eigenvalue weighted by Crippen LogP contribution is -2.22. The standard InChI is InChI=1S/C21H26ClN5S/c1-6-27(19-11-17(26-28-5)8-7-13(19)2)15(4)9-14(3)20-24-18-10-16(22)12-23-21(18)25-20/h7-12,14,26H,6H2,1-5H3,(H,23,24,25)/b15-9-. The fourth-order valence-electron chi connectivity index (χ4n) is 3.33. The number of hydrogen-bond donors (Lipinski definition) is 2. The summed E-state index contributed by atoms with van der Waals surface area (Å²) in [4.78, 5) is 14.6. The lowest BCUT2D eigenvalue weighted by Gasteiger charge is -2.27. The number of benzene rings is 1. The summed E-state index contributed by atoms with van der Waals surface area (Å²) in [6.45, 7) is 9.48. The highest BCUT2D eigenvalue weighted by Gasteiger charge is 2.14. The average Bonchev–Trinajstić information content (AvgIpc) is 3.08. The smallest absolute Gasteiger partial charge is 0.177 e. The topological polar surface area (TPSA) is 56.8 Å². The molecule has 0 aliphatic carbocycles. The van der Waals surface area contributed by atoms with Gasteiger partial charge >= 0.3 is 0 Å². The van der Waals surface area contributed by atoms with Gasteiger partial charge in [-0.25, -0.2) is 9.97 Å². The Morgan fingerprint density at radius 2 is 2.18 bits per heavy atom. The number of rotatable bonds is 7. The van der Waals surface area contributed by atoms with Gasteiger partial charge in [0.25, 0.3) is 0 Å². The van der Waals surface area contributed by atoms with Gasteiger partial charge in [-0.15, -0.1) is 0 Å². The minimum atomic E-state index is 0.120. The summed E-state index contributed by atoms with van der Waals surface area (Å²) < 4.78 is 3.32. The molecule has 0 aliphatic rings. The van der Waals surface area contributed by atoms with Gasteiger partial charge in [0.05, 0.1) is 10.5 Å². The molecule has 0 saturated heterocycles. The van der Waals surface area contributed by atoms with Crippen LogP contribution in [0.4, 0.5) is 11.4 Å². The summed E-state index contributed by atoms with van der Waals surface area (Å²) in [6.07, 6.45) is 5.88. The molecular weight excluding hydrogens is 390 g/mol. The highest BCUT2D eigenvalue weighted by atomic mass is 35.5. The van der Waals surface area contributed by atoms with Crippen molar-refractivity contribution in [2.45, 2.75) is 33.6 Å². The normalized spacial score (nSPS) is 13.0. The number of nitrogens with one attached hydrogen (secondary N) is 2. The van der Waals surface area contributed by atoms with Gasteiger partial charge < -0.3 is 14.6 Å². The molecule has 0 fully saturated rings. The number of aromatic amines is 1. The van der Waals surface area contributed by atoms with Gasteiger partial charge in [-0.3, -0.25) is 0 Å². The molecule has 0 amide bonds. The number of imidazole rings is 1. The lowest BCUT2D eigenvalue weighted by atomic mass is 10.1. The maximum absolute atomic E-state index is 6.03. The summed E-state index contributed by atoms with van der Waals surface area (Å²) >= 11 is 7.63. The highest BCUT2D eigenvalue weighted by Crippen LogP contribution is 2.29. The number of fused-ring (bicyclic) bond motifs is 1. The molecular formula is C21H26ClN5S. The predicted octanol–water partition coefficient (Wildman–Crippen LogP) is 6.14. The monoisotopic (exact) mass is 415 g/mol. The first-order valence-corrected chi connectivity index (χ1v) is 10.9. The fraction of sp³-hybridized carbons (Fsp3) is 0.333. The average molecular weight is 416 g/mol. The van der Waals surface area contributed by atoms with Crippen LogP contribution in [0.1, 0.15) is 38.1 Å². The Hall–Kier alpha value is -2.18. The van der Waals surface area contributed by atoms with Gasteiger partial charge in [0.1, 0.15) is 5.82 Å². The quantitative estimate of drug-likeness (QED) is 0.453. The van der Waals surface area contributed by atoms with E-state index < -0.39 is 0 Å². The van der Waals surface area contributed by atoms with Crippen LogP contribution in [0.3, 0.4) is 0 Å². The molecule has 3 aromatic rings. The van der Waals surface area contributed by atoms with E-state index in [0.717, 1.165) is 23.6 Å².